The number of ether oxygens (including phenoxy) is 2. The molecule has 3 fully saturated rings. The van der Waals surface area contributed by atoms with Crippen LogP contribution in [-0.2, 0) is 14.3 Å². The predicted octanol–water partition coefficient (Wildman–Crippen LogP) is 8.55. The average Bonchev–Trinajstić information content (AvgIpc) is 3.11. The lowest BCUT2D eigenvalue weighted by Crippen LogP contribution is -2.57. The second-order valence-electron chi connectivity index (χ2n) is 23.3. The van der Waals surface area contributed by atoms with Crippen LogP contribution in [0, 0.1) is 10.8 Å². The Morgan fingerprint density at radius 3 is 1.72 bits per heavy atom. The van der Waals surface area contributed by atoms with Gasteiger partial charge in [-0.05, 0) is 144 Å². The summed E-state index contributed by atoms with van der Waals surface area (Å²) >= 11 is 0. The van der Waals surface area contributed by atoms with E-state index in [4.69, 9.17) is 9.47 Å². The Morgan fingerprint density at radius 2 is 1.14 bits per heavy atom. The number of amides is 1. The molecule has 0 saturated carbocycles. The molecule has 0 aromatic heterocycles. The van der Waals surface area contributed by atoms with Crippen molar-refractivity contribution in [2.75, 3.05) is 98.4 Å². The van der Waals surface area contributed by atoms with Gasteiger partial charge < -0.3 is 24.6 Å². The van der Waals surface area contributed by atoms with Crippen LogP contribution in [0.1, 0.15) is 168 Å². The summed E-state index contributed by atoms with van der Waals surface area (Å²) in [5, 5.41) is 4.31. The van der Waals surface area contributed by atoms with Gasteiger partial charge in [-0.25, -0.2) is 0 Å². The molecule has 1 unspecified atom stereocenters. The minimum absolute atomic E-state index is 0.0724. The first kappa shape index (κ1) is 50.5. The Hall–Kier alpha value is -0.810. The fourth-order valence-electron chi connectivity index (χ4n) is 8.94. The number of carbonyl (C=O) groups is 1. The van der Waals surface area contributed by atoms with Crippen molar-refractivity contribution in [1.82, 2.24) is 29.8 Å². The van der Waals surface area contributed by atoms with Gasteiger partial charge in [0.2, 0.25) is 5.91 Å². The molecule has 57 heavy (non-hydrogen) atoms. The Kier molecular flexibility index (Phi) is 19.8. The molecule has 0 aliphatic carbocycles. The molecule has 1 N–H and O–H groups in total. The normalized spacial score (nSPS) is 21.0. The molecular weight excluding hydrogens is 709 g/mol. The summed E-state index contributed by atoms with van der Waals surface area (Å²) in [5.41, 5.74) is 0.951. The van der Waals surface area contributed by atoms with Crippen molar-refractivity contribution in [3.63, 3.8) is 0 Å². The topological polar surface area (TPSA) is 63.8 Å². The first-order chi connectivity index (χ1) is 26.3. The van der Waals surface area contributed by atoms with Crippen molar-refractivity contribution in [3.8, 4) is 0 Å². The molecule has 1 atom stereocenters. The fraction of sp³-hybridized carbons (Fsp3) is 0.979. The summed E-state index contributed by atoms with van der Waals surface area (Å²) in [7, 11) is 0. The highest BCUT2D eigenvalue weighted by Gasteiger charge is 2.36. The number of nitrogens with zero attached hydrogens (tertiary/aromatic N) is 5. The molecule has 3 saturated heterocycles. The van der Waals surface area contributed by atoms with Crippen molar-refractivity contribution >= 4 is 5.91 Å². The zero-order valence-electron chi connectivity index (χ0n) is 40.4. The second kappa shape index (κ2) is 22.3. The van der Waals surface area contributed by atoms with Crippen LogP contribution in [0.5, 0.6) is 0 Å². The van der Waals surface area contributed by atoms with Crippen molar-refractivity contribution < 1.29 is 14.3 Å². The van der Waals surface area contributed by atoms with Crippen molar-refractivity contribution in [1.29, 1.82) is 0 Å². The molecule has 0 radical (unpaired) electrons. The quantitative estimate of drug-likeness (QED) is 0.109. The van der Waals surface area contributed by atoms with Gasteiger partial charge in [-0.1, -0.05) is 41.0 Å². The lowest BCUT2D eigenvalue weighted by Gasteiger charge is -2.47. The number of likely N-dealkylation sites (tertiary alicyclic amines) is 1. The minimum atomic E-state index is -0.0724. The van der Waals surface area contributed by atoms with Crippen LogP contribution >= 0.6 is 0 Å². The third kappa shape index (κ3) is 20.1. The van der Waals surface area contributed by atoms with Gasteiger partial charge in [0, 0.05) is 101 Å². The summed E-state index contributed by atoms with van der Waals surface area (Å²) < 4.78 is 12.1. The first-order valence-corrected chi connectivity index (χ1v) is 23.6. The van der Waals surface area contributed by atoms with Gasteiger partial charge in [-0.15, -0.1) is 0 Å². The third-order valence-corrected chi connectivity index (χ3v) is 13.6. The Bertz CT molecular complexity index is 1130. The highest BCUT2D eigenvalue weighted by molar-refractivity contribution is 5.76. The molecule has 0 spiro atoms. The van der Waals surface area contributed by atoms with Crippen molar-refractivity contribution in [3.05, 3.63) is 0 Å². The predicted molar refractivity (Wildman–Crippen MR) is 242 cm³/mol. The summed E-state index contributed by atoms with van der Waals surface area (Å²) in [6.07, 6.45) is 12.3. The van der Waals surface area contributed by atoms with Crippen LogP contribution in [0.4, 0.5) is 0 Å². The Labute approximate surface area is 354 Å². The van der Waals surface area contributed by atoms with Crippen LogP contribution in [0.25, 0.3) is 0 Å². The maximum absolute atomic E-state index is 13.1. The number of hydrogen-bond donors (Lipinski definition) is 1. The van der Waals surface area contributed by atoms with Gasteiger partial charge in [0.15, 0.2) is 0 Å². The van der Waals surface area contributed by atoms with Crippen LogP contribution in [0.15, 0.2) is 0 Å². The van der Waals surface area contributed by atoms with Crippen LogP contribution in [0.3, 0.4) is 0 Å². The number of nitrogens with one attached hydrogen (secondary N) is 1. The summed E-state index contributed by atoms with van der Waals surface area (Å²) in [6, 6.07) is 0.562. The van der Waals surface area contributed by atoms with Gasteiger partial charge in [-0.3, -0.25) is 19.5 Å². The van der Waals surface area contributed by atoms with Gasteiger partial charge in [-0.2, -0.15) is 0 Å². The van der Waals surface area contributed by atoms with Gasteiger partial charge in [0.05, 0.1) is 18.8 Å². The lowest BCUT2D eigenvalue weighted by molar-refractivity contribution is -0.133. The summed E-state index contributed by atoms with van der Waals surface area (Å²) in [5.74, 6) is 0.357. The molecule has 1 amide bonds. The molecule has 0 aromatic carbocycles. The summed E-state index contributed by atoms with van der Waals surface area (Å²) in [4.78, 5) is 25.7. The number of carbonyl (C=O) groups excluding carboxylic acids is 1. The third-order valence-electron chi connectivity index (χ3n) is 13.6. The molecule has 3 heterocycles. The largest absolute Gasteiger partial charge is 0.380 e. The number of hydrogen-bond acceptors (Lipinski definition) is 8. The van der Waals surface area contributed by atoms with Crippen LogP contribution < -0.4 is 5.32 Å². The maximum atomic E-state index is 13.1. The molecule has 336 valence electrons. The van der Waals surface area contributed by atoms with Gasteiger partial charge in [0.25, 0.3) is 0 Å². The zero-order valence-corrected chi connectivity index (χ0v) is 40.4. The monoisotopic (exact) mass is 805 g/mol. The van der Waals surface area contributed by atoms with Crippen LogP contribution in [-0.4, -0.2) is 157 Å². The standard InChI is InChI=1S/C48H96N6O3/c1-43(2,3)25-38-56-39-36-51-28-32-54(33-29-51)47(12,13)22-24-48(14,49-41-18-26-50(27-19-41)37-40-57-45(7,8)9)23-21-46(10,11)20-16-15-17-42(55)52-30-34-53(35-31-52)44(4,5)6/h41,49H,15-40H2,1-14H3. The SMILES string of the molecule is CC(C)(C)CCOCCN1CCN(C(C)(C)CCC(C)(CCC(C)(C)CCCCC(=O)N2CCN(C(C)(C)C)CC2)NC2CCN(CCOC(C)(C)C)CC2)CC1. The fourth-order valence-corrected chi connectivity index (χ4v) is 8.94. The van der Waals surface area contributed by atoms with E-state index in [1.807, 2.05) is 0 Å². The smallest absolute Gasteiger partial charge is 0.222 e. The Morgan fingerprint density at radius 1 is 0.579 bits per heavy atom. The second-order valence-corrected chi connectivity index (χ2v) is 23.3. The highest BCUT2D eigenvalue weighted by atomic mass is 16.5. The zero-order chi connectivity index (χ0) is 42.5. The average molecular weight is 805 g/mol. The maximum Gasteiger partial charge on any atom is 0.222 e. The van der Waals surface area contributed by atoms with E-state index in [1.165, 1.54) is 44.9 Å². The minimum Gasteiger partial charge on any atom is -0.380 e. The van der Waals surface area contributed by atoms with Crippen LogP contribution in [0.2, 0.25) is 0 Å². The lowest BCUT2D eigenvalue weighted by atomic mass is 9.76. The number of unbranched alkanes of at least 4 members (excludes halogenated alkanes) is 1. The molecular formula is C48H96N6O3. The van der Waals surface area contributed by atoms with E-state index in [-0.39, 0.29) is 27.6 Å². The van der Waals surface area contributed by atoms with Crippen molar-refractivity contribution in [2.45, 2.75) is 196 Å². The molecule has 9 nitrogen and oxygen atoms in total. The van der Waals surface area contributed by atoms with E-state index in [9.17, 15) is 4.79 Å². The molecule has 9 heteroatoms. The molecule has 3 aliphatic rings. The van der Waals surface area contributed by atoms with E-state index in [0.717, 1.165) is 118 Å². The first-order valence-electron chi connectivity index (χ1n) is 23.6. The molecule has 3 aliphatic heterocycles. The van der Waals surface area contributed by atoms with E-state index >= 15 is 0 Å². The van der Waals surface area contributed by atoms with E-state index in [1.54, 1.807) is 0 Å². The number of piperazine rings is 2. The molecule has 0 bridgehead atoms. The molecule has 3 rings (SSSR count). The van der Waals surface area contributed by atoms with E-state index in [2.05, 4.69) is 127 Å². The van der Waals surface area contributed by atoms with E-state index in [0.29, 0.717) is 23.8 Å². The van der Waals surface area contributed by atoms with Gasteiger partial charge in [0.1, 0.15) is 0 Å². The number of rotatable bonds is 22. The van der Waals surface area contributed by atoms with E-state index < -0.39 is 0 Å². The number of piperidine rings is 1. The molecule has 0 aromatic rings. The highest BCUT2D eigenvalue weighted by Crippen LogP contribution is 2.36. The van der Waals surface area contributed by atoms with Gasteiger partial charge >= 0.3 is 0 Å². The summed E-state index contributed by atoms with van der Waals surface area (Å²) in [6.45, 7) is 47.8. The Balaban J connectivity index is 1.50. The van der Waals surface area contributed by atoms with Crippen molar-refractivity contribution in [2.24, 2.45) is 10.8 Å².